The van der Waals surface area contributed by atoms with E-state index in [1.807, 2.05) is 13.0 Å². The fourth-order valence-corrected chi connectivity index (χ4v) is 1.26. The van der Waals surface area contributed by atoms with E-state index in [0.29, 0.717) is 6.61 Å². The first-order chi connectivity index (χ1) is 8.00. The van der Waals surface area contributed by atoms with Gasteiger partial charge in [-0.1, -0.05) is 56.3 Å². The lowest BCUT2D eigenvalue weighted by molar-refractivity contribution is 0.139. The minimum Gasteiger partial charge on any atom is -0.396 e. The molecule has 0 aliphatic carbocycles. The quantitative estimate of drug-likeness (QED) is 0.427. The van der Waals surface area contributed by atoms with Crippen LogP contribution in [0.25, 0.3) is 0 Å². The average Bonchev–Trinajstić information content (AvgIpc) is 2.28. The lowest BCUT2D eigenvalue weighted by Gasteiger charge is -2.16. The summed E-state index contributed by atoms with van der Waals surface area (Å²) >= 11 is 0. The highest BCUT2D eigenvalue weighted by Crippen LogP contribution is 2.15. The average molecular weight is 233 g/mol. The highest BCUT2D eigenvalue weighted by molar-refractivity contribution is 5.86. The minimum atomic E-state index is 0.0967. The van der Waals surface area contributed by atoms with E-state index >= 15 is 0 Å². The summed E-state index contributed by atoms with van der Waals surface area (Å²) in [5.41, 5.74) is 2.49. The first kappa shape index (κ1) is 13.8. The van der Waals surface area contributed by atoms with Gasteiger partial charge in [-0.3, -0.25) is 0 Å². The molecule has 0 spiro atoms. The molecule has 0 aliphatic heterocycles. The standard InChI is InChI=1S/C15H23NO/c1-13(15(2,3)4)16-17-12-8-11-14-9-6-5-7-10-14/h5-7,9-10H,8,11-12H2,1-4H3/b16-13+. The van der Waals surface area contributed by atoms with Gasteiger partial charge in [-0.2, -0.15) is 0 Å². The van der Waals surface area contributed by atoms with Crippen molar-refractivity contribution in [2.45, 2.75) is 40.5 Å². The summed E-state index contributed by atoms with van der Waals surface area (Å²) in [4.78, 5) is 5.33. The predicted molar refractivity (Wildman–Crippen MR) is 73.3 cm³/mol. The van der Waals surface area contributed by atoms with Gasteiger partial charge in [0.15, 0.2) is 0 Å². The van der Waals surface area contributed by atoms with Gasteiger partial charge in [-0.05, 0) is 25.3 Å². The minimum absolute atomic E-state index is 0.0967. The zero-order valence-corrected chi connectivity index (χ0v) is 11.4. The molecule has 0 unspecified atom stereocenters. The monoisotopic (exact) mass is 233 g/mol. The molecule has 0 fully saturated rings. The molecule has 2 nitrogen and oxygen atoms in total. The van der Waals surface area contributed by atoms with Crippen molar-refractivity contribution < 1.29 is 4.84 Å². The highest BCUT2D eigenvalue weighted by atomic mass is 16.6. The number of oxime groups is 1. The molecule has 0 heterocycles. The Balaban J connectivity index is 2.22. The number of rotatable bonds is 5. The van der Waals surface area contributed by atoms with Crippen molar-refractivity contribution in [3.63, 3.8) is 0 Å². The van der Waals surface area contributed by atoms with Gasteiger partial charge in [0.05, 0.1) is 5.71 Å². The van der Waals surface area contributed by atoms with Crippen molar-refractivity contribution in [1.29, 1.82) is 0 Å². The van der Waals surface area contributed by atoms with Crippen LogP contribution in [0.15, 0.2) is 35.5 Å². The molecule has 1 aromatic carbocycles. The lowest BCUT2D eigenvalue weighted by atomic mass is 9.91. The summed E-state index contributed by atoms with van der Waals surface area (Å²) in [6.07, 6.45) is 2.05. The molecule has 0 N–H and O–H groups in total. The number of hydrogen-bond donors (Lipinski definition) is 0. The highest BCUT2D eigenvalue weighted by Gasteiger charge is 2.14. The van der Waals surface area contributed by atoms with Crippen LogP contribution in [0, 0.1) is 5.41 Å². The largest absolute Gasteiger partial charge is 0.396 e. The van der Waals surface area contributed by atoms with Crippen LogP contribution in [0.2, 0.25) is 0 Å². The first-order valence-electron chi connectivity index (χ1n) is 6.21. The van der Waals surface area contributed by atoms with E-state index in [1.165, 1.54) is 5.56 Å². The Morgan fingerprint density at radius 2 is 1.82 bits per heavy atom. The van der Waals surface area contributed by atoms with Gasteiger partial charge < -0.3 is 4.84 Å². The fraction of sp³-hybridized carbons (Fsp3) is 0.533. The Morgan fingerprint density at radius 3 is 2.41 bits per heavy atom. The van der Waals surface area contributed by atoms with E-state index in [4.69, 9.17) is 4.84 Å². The van der Waals surface area contributed by atoms with Gasteiger partial charge >= 0.3 is 0 Å². The van der Waals surface area contributed by atoms with E-state index in [2.05, 4.69) is 50.2 Å². The van der Waals surface area contributed by atoms with Crippen LogP contribution < -0.4 is 0 Å². The predicted octanol–water partition coefficient (Wildman–Crippen LogP) is 4.06. The molecular weight excluding hydrogens is 210 g/mol. The van der Waals surface area contributed by atoms with Crippen LogP contribution >= 0.6 is 0 Å². The Morgan fingerprint density at radius 1 is 1.18 bits per heavy atom. The van der Waals surface area contributed by atoms with Gasteiger partial charge in [0, 0.05) is 5.41 Å². The molecule has 0 bridgehead atoms. The molecule has 0 radical (unpaired) electrons. The summed E-state index contributed by atoms with van der Waals surface area (Å²) in [6, 6.07) is 10.5. The molecule has 1 aromatic rings. The third kappa shape index (κ3) is 5.53. The van der Waals surface area contributed by atoms with Crippen LogP contribution in [0.5, 0.6) is 0 Å². The van der Waals surface area contributed by atoms with Crippen molar-refractivity contribution in [2.24, 2.45) is 10.6 Å². The van der Waals surface area contributed by atoms with Gasteiger partial charge in [0.1, 0.15) is 6.61 Å². The maximum absolute atomic E-state index is 5.33. The zero-order chi connectivity index (χ0) is 12.7. The Bertz CT molecular complexity index is 349. The third-order valence-corrected chi connectivity index (χ3v) is 2.83. The summed E-state index contributed by atoms with van der Waals surface area (Å²) in [7, 11) is 0. The van der Waals surface area contributed by atoms with Gasteiger partial charge in [-0.25, -0.2) is 0 Å². The molecule has 1 rings (SSSR count). The maximum atomic E-state index is 5.33. The van der Waals surface area contributed by atoms with Crippen LogP contribution in [0.1, 0.15) is 39.7 Å². The lowest BCUT2D eigenvalue weighted by Crippen LogP contribution is -2.17. The summed E-state index contributed by atoms with van der Waals surface area (Å²) < 4.78 is 0. The number of benzene rings is 1. The fourth-order valence-electron chi connectivity index (χ4n) is 1.26. The second-order valence-electron chi connectivity index (χ2n) is 5.35. The molecule has 0 atom stereocenters. The summed E-state index contributed by atoms with van der Waals surface area (Å²) in [5, 5.41) is 4.14. The van der Waals surface area contributed by atoms with E-state index in [1.54, 1.807) is 0 Å². The summed E-state index contributed by atoms with van der Waals surface area (Å²) in [6.45, 7) is 9.11. The molecule has 2 heteroatoms. The van der Waals surface area contributed by atoms with Crippen molar-refractivity contribution in [3.05, 3.63) is 35.9 Å². The van der Waals surface area contributed by atoms with E-state index in [0.717, 1.165) is 18.6 Å². The van der Waals surface area contributed by atoms with Crippen LogP contribution in [-0.4, -0.2) is 12.3 Å². The molecule has 0 aliphatic rings. The van der Waals surface area contributed by atoms with E-state index in [-0.39, 0.29) is 5.41 Å². The smallest absolute Gasteiger partial charge is 0.117 e. The molecular formula is C15H23NO. The molecule has 0 saturated heterocycles. The van der Waals surface area contributed by atoms with Crippen molar-refractivity contribution in [1.82, 2.24) is 0 Å². The SMILES string of the molecule is C/C(=N\OCCCc1ccccc1)C(C)(C)C. The van der Waals surface area contributed by atoms with E-state index < -0.39 is 0 Å². The van der Waals surface area contributed by atoms with Crippen molar-refractivity contribution in [2.75, 3.05) is 6.61 Å². The van der Waals surface area contributed by atoms with Gasteiger partial charge in [-0.15, -0.1) is 0 Å². The molecule has 17 heavy (non-hydrogen) atoms. The number of hydrogen-bond acceptors (Lipinski definition) is 2. The molecule has 94 valence electrons. The Hall–Kier alpha value is -1.31. The zero-order valence-electron chi connectivity index (χ0n) is 11.4. The number of aryl methyl sites for hydroxylation is 1. The van der Waals surface area contributed by atoms with Crippen molar-refractivity contribution >= 4 is 5.71 Å². The van der Waals surface area contributed by atoms with Crippen LogP contribution in [0.3, 0.4) is 0 Å². The van der Waals surface area contributed by atoms with Gasteiger partial charge in [0.25, 0.3) is 0 Å². The maximum Gasteiger partial charge on any atom is 0.117 e. The summed E-state index contributed by atoms with van der Waals surface area (Å²) in [5.74, 6) is 0. The number of nitrogens with zero attached hydrogens (tertiary/aromatic N) is 1. The molecule has 0 amide bonds. The third-order valence-electron chi connectivity index (χ3n) is 2.83. The Labute approximate surface area is 105 Å². The van der Waals surface area contributed by atoms with Crippen molar-refractivity contribution in [3.8, 4) is 0 Å². The van der Waals surface area contributed by atoms with Crippen LogP contribution in [0.4, 0.5) is 0 Å². The Kier molecular flexibility index (Phi) is 5.20. The van der Waals surface area contributed by atoms with E-state index in [9.17, 15) is 0 Å². The molecule has 0 aromatic heterocycles. The van der Waals surface area contributed by atoms with Crippen LogP contribution in [-0.2, 0) is 11.3 Å². The first-order valence-corrected chi connectivity index (χ1v) is 6.21. The topological polar surface area (TPSA) is 21.6 Å². The molecule has 0 saturated carbocycles. The van der Waals surface area contributed by atoms with Gasteiger partial charge in [0.2, 0.25) is 0 Å². The second-order valence-corrected chi connectivity index (χ2v) is 5.35. The second kappa shape index (κ2) is 6.43. The normalized spacial score (nSPS) is 12.6.